The summed E-state index contributed by atoms with van der Waals surface area (Å²) in [5.41, 5.74) is 2.77. The van der Waals surface area contributed by atoms with E-state index in [2.05, 4.69) is 10.2 Å². The largest absolute Gasteiger partial charge is 0.472 e. The van der Waals surface area contributed by atoms with Crippen LogP contribution in [-0.2, 0) is 6.61 Å². The molecule has 98 valence electrons. The number of nitrogens with zero attached hydrogens (tertiary/aromatic N) is 3. The zero-order chi connectivity index (χ0) is 13.8. The first-order valence-electron chi connectivity index (χ1n) is 5.73. The van der Waals surface area contributed by atoms with E-state index in [0.717, 1.165) is 16.8 Å². The fourth-order valence-corrected chi connectivity index (χ4v) is 1.46. The van der Waals surface area contributed by atoms with Gasteiger partial charge in [0.25, 0.3) is 5.69 Å². The molecular formula is C13H13N3O3. The molecule has 19 heavy (non-hydrogen) atoms. The molecule has 1 aromatic heterocycles. The minimum absolute atomic E-state index is 0.0646. The first kappa shape index (κ1) is 12.9. The molecule has 0 amide bonds. The molecule has 0 N–H and O–H groups in total. The fourth-order valence-electron chi connectivity index (χ4n) is 1.46. The van der Waals surface area contributed by atoms with Crippen molar-refractivity contribution in [2.45, 2.75) is 20.5 Å². The third-order valence-corrected chi connectivity index (χ3v) is 2.74. The number of benzene rings is 1. The number of aromatic nitrogens is 2. The monoisotopic (exact) mass is 259 g/mol. The van der Waals surface area contributed by atoms with Crippen molar-refractivity contribution in [2.24, 2.45) is 0 Å². The summed E-state index contributed by atoms with van der Waals surface area (Å²) in [6, 6.07) is 8.03. The van der Waals surface area contributed by atoms with Crippen LogP contribution in [-0.4, -0.2) is 15.1 Å². The standard InChI is InChI=1S/C13H13N3O3/c1-9-7-13(15-14-10(9)2)19-8-11-3-5-12(6-4-11)16(17)18/h3-7H,8H2,1-2H3. The van der Waals surface area contributed by atoms with Gasteiger partial charge < -0.3 is 4.74 Å². The van der Waals surface area contributed by atoms with Gasteiger partial charge in [-0.05, 0) is 37.1 Å². The topological polar surface area (TPSA) is 78.2 Å². The second-order valence-electron chi connectivity index (χ2n) is 4.16. The summed E-state index contributed by atoms with van der Waals surface area (Å²) in [4.78, 5) is 10.1. The van der Waals surface area contributed by atoms with E-state index in [1.165, 1.54) is 12.1 Å². The Morgan fingerprint density at radius 2 is 1.89 bits per heavy atom. The lowest BCUT2D eigenvalue weighted by molar-refractivity contribution is -0.384. The molecule has 0 aliphatic rings. The molecule has 0 spiro atoms. The third-order valence-electron chi connectivity index (χ3n) is 2.74. The van der Waals surface area contributed by atoms with E-state index in [4.69, 9.17) is 4.74 Å². The van der Waals surface area contributed by atoms with Gasteiger partial charge in [-0.15, -0.1) is 5.10 Å². The lowest BCUT2D eigenvalue weighted by atomic mass is 10.2. The molecule has 0 bridgehead atoms. The van der Waals surface area contributed by atoms with Crippen LogP contribution in [0.4, 0.5) is 5.69 Å². The van der Waals surface area contributed by atoms with Gasteiger partial charge in [-0.3, -0.25) is 10.1 Å². The zero-order valence-corrected chi connectivity index (χ0v) is 10.7. The maximum Gasteiger partial charge on any atom is 0.269 e. The van der Waals surface area contributed by atoms with Crippen LogP contribution in [0.25, 0.3) is 0 Å². The molecule has 2 rings (SSSR count). The van der Waals surface area contributed by atoms with Gasteiger partial charge >= 0.3 is 0 Å². The van der Waals surface area contributed by atoms with Crippen LogP contribution in [0.5, 0.6) is 5.88 Å². The average molecular weight is 259 g/mol. The number of ether oxygens (including phenoxy) is 1. The van der Waals surface area contributed by atoms with Crippen LogP contribution in [0, 0.1) is 24.0 Å². The minimum atomic E-state index is -0.431. The second kappa shape index (κ2) is 5.43. The van der Waals surface area contributed by atoms with Crippen LogP contribution >= 0.6 is 0 Å². The summed E-state index contributed by atoms with van der Waals surface area (Å²) in [7, 11) is 0. The molecule has 0 atom stereocenters. The number of aryl methyl sites for hydroxylation is 2. The van der Waals surface area contributed by atoms with Gasteiger partial charge in [0, 0.05) is 18.2 Å². The van der Waals surface area contributed by atoms with E-state index in [1.807, 2.05) is 19.9 Å². The second-order valence-corrected chi connectivity index (χ2v) is 4.16. The summed E-state index contributed by atoms with van der Waals surface area (Å²) in [5, 5.41) is 18.4. The zero-order valence-electron chi connectivity index (χ0n) is 10.7. The number of non-ortho nitro benzene ring substituents is 1. The fraction of sp³-hybridized carbons (Fsp3) is 0.231. The number of hydrogen-bond acceptors (Lipinski definition) is 5. The van der Waals surface area contributed by atoms with Crippen LogP contribution in [0.1, 0.15) is 16.8 Å². The molecule has 0 saturated carbocycles. The number of hydrogen-bond donors (Lipinski definition) is 0. The molecule has 0 aliphatic heterocycles. The highest BCUT2D eigenvalue weighted by Gasteiger charge is 2.05. The highest BCUT2D eigenvalue weighted by atomic mass is 16.6. The number of rotatable bonds is 4. The number of nitro benzene ring substituents is 1. The predicted molar refractivity (Wildman–Crippen MR) is 68.9 cm³/mol. The Morgan fingerprint density at radius 3 is 2.47 bits per heavy atom. The Morgan fingerprint density at radius 1 is 1.21 bits per heavy atom. The first-order valence-corrected chi connectivity index (χ1v) is 5.73. The lowest BCUT2D eigenvalue weighted by Gasteiger charge is -2.06. The summed E-state index contributed by atoms with van der Waals surface area (Å²) in [5.74, 6) is 0.446. The summed E-state index contributed by atoms with van der Waals surface area (Å²) >= 11 is 0. The van der Waals surface area contributed by atoms with Crippen LogP contribution in [0.3, 0.4) is 0 Å². The van der Waals surface area contributed by atoms with Crippen molar-refractivity contribution in [1.82, 2.24) is 10.2 Å². The molecule has 0 unspecified atom stereocenters. The molecule has 0 fully saturated rings. The molecule has 0 aliphatic carbocycles. The van der Waals surface area contributed by atoms with E-state index in [0.29, 0.717) is 12.5 Å². The Kier molecular flexibility index (Phi) is 3.70. The molecule has 6 heteroatoms. The average Bonchev–Trinajstić information content (AvgIpc) is 2.40. The van der Waals surface area contributed by atoms with Gasteiger partial charge in [-0.25, -0.2) is 0 Å². The van der Waals surface area contributed by atoms with Gasteiger partial charge in [0.2, 0.25) is 5.88 Å². The van der Waals surface area contributed by atoms with E-state index >= 15 is 0 Å². The third kappa shape index (κ3) is 3.25. The van der Waals surface area contributed by atoms with Crippen molar-refractivity contribution in [3.8, 4) is 5.88 Å². The van der Waals surface area contributed by atoms with Crippen molar-refractivity contribution in [1.29, 1.82) is 0 Å². The predicted octanol–water partition coefficient (Wildman–Crippen LogP) is 2.58. The molecule has 2 aromatic rings. The van der Waals surface area contributed by atoms with Gasteiger partial charge in [0.1, 0.15) is 6.61 Å². The van der Waals surface area contributed by atoms with Crippen molar-refractivity contribution in [2.75, 3.05) is 0 Å². The normalized spacial score (nSPS) is 10.2. The van der Waals surface area contributed by atoms with Crippen molar-refractivity contribution < 1.29 is 9.66 Å². The smallest absolute Gasteiger partial charge is 0.269 e. The minimum Gasteiger partial charge on any atom is -0.472 e. The van der Waals surface area contributed by atoms with Crippen molar-refractivity contribution >= 4 is 5.69 Å². The van der Waals surface area contributed by atoms with Crippen molar-refractivity contribution in [3.05, 3.63) is 57.3 Å². The molecule has 0 saturated heterocycles. The Balaban J connectivity index is 2.01. The molecule has 0 radical (unpaired) electrons. The Bertz CT molecular complexity index is 597. The van der Waals surface area contributed by atoms with E-state index < -0.39 is 4.92 Å². The summed E-state index contributed by atoms with van der Waals surface area (Å²) in [6.45, 7) is 4.11. The van der Waals surface area contributed by atoms with Crippen LogP contribution in [0.15, 0.2) is 30.3 Å². The van der Waals surface area contributed by atoms with Crippen LogP contribution < -0.4 is 4.74 Å². The maximum atomic E-state index is 10.5. The van der Waals surface area contributed by atoms with Crippen LogP contribution in [0.2, 0.25) is 0 Å². The Labute approximate surface area is 110 Å². The first-order chi connectivity index (χ1) is 9.06. The summed E-state index contributed by atoms with van der Waals surface area (Å²) in [6.07, 6.45) is 0. The van der Waals surface area contributed by atoms with Gasteiger partial charge in [0.05, 0.1) is 10.6 Å². The van der Waals surface area contributed by atoms with Crippen molar-refractivity contribution in [3.63, 3.8) is 0 Å². The lowest BCUT2D eigenvalue weighted by Crippen LogP contribution is -2.00. The highest BCUT2D eigenvalue weighted by Crippen LogP contribution is 2.15. The van der Waals surface area contributed by atoms with Gasteiger partial charge in [-0.2, -0.15) is 5.10 Å². The quantitative estimate of drug-likeness (QED) is 0.622. The SMILES string of the molecule is Cc1cc(OCc2ccc([N+](=O)[O-])cc2)nnc1C. The Hall–Kier alpha value is -2.50. The summed E-state index contributed by atoms with van der Waals surface area (Å²) < 4.78 is 5.48. The molecule has 1 aromatic carbocycles. The maximum absolute atomic E-state index is 10.5. The molecule has 6 nitrogen and oxygen atoms in total. The number of nitro groups is 1. The van der Waals surface area contributed by atoms with E-state index in [1.54, 1.807) is 12.1 Å². The van der Waals surface area contributed by atoms with Gasteiger partial charge in [-0.1, -0.05) is 0 Å². The van der Waals surface area contributed by atoms with E-state index in [-0.39, 0.29) is 5.69 Å². The highest BCUT2D eigenvalue weighted by molar-refractivity contribution is 5.32. The molecular weight excluding hydrogens is 246 g/mol. The van der Waals surface area contributed by atoms with Gasteiger partial charge in [0.15, 0.2) is 0 Å². The molecule has 1 heterocycles. The van der Waals surface area contributed by atoms with E-state index in [9.17, 15) is 10.1 Å².